The van der Waals surface area contributed by atoms with E-state index in [1.54, 1.807) is 14.2 Å². The van der Waals surface area contributed by atoms with Crippen molar-refractivity contribution in [1.29, 1.82) is 0 Å². The second-order valence-electron chi connectivity index (χ2n) is 4.91. The van der Waals surface area contributed by atoms with E-state index in [0.29, 0.717) is 24.5 Å². The van der Waals surface area contributed by atoms with E-state index in [-0.39, 0.29) is 0 Å². The lowest BCUT2D eigenvalue weighted by Crippen LogP contribution is -2.52. The molecule has 110 valence electrons. The summed E-state index contributed by atoms with van der Waals surface area (Å²) in [5.41, 5.74) is 6.01. The Bertz CT molecular complexity index is 187. The smallest absolute Gasteiger partial charge is 0.0615 e. The van der Waals surface area contributed by atoms with Crippen LogP contribution in [0.1, 0.15) is 33.6 Å². The summed E-state index contributed by atoms with van der Waals surface area (Å²) in [4.78, 5) is 2.45. The predicted molar refractivity (Wildman–Crippen MR) is 76.8 cm³/mol. The zero-order chi connectivity index (χ0) is 14.0. The van der Waals surface area contributed by atoms with Gasteiger partial charge in [0.25, 0.3) is 0 Å². The van der Waals surface area contributed by atoms with Crippen LogP contribution in [-0.4, -0.2) is 57.5 Å². The summed E-state index contributed by atoms with van der Waals surface area (Å²) in [6.45, 7) is 9.78. The molecule has 0 heterocycles. The maximum absolute atomic E-state index is 6.01. The topological polar surface area (TPSA) is 47.7 Å². The molecule has 0 aromatic carbocycles. The maximum Gasteiger partial charge on any atom is 0.0615 e. The van der Waals surface area contributed by atoms with Crippen molar-refractivity contribution in [3.05, 3.63) is 0 Å². The molecule has 2 N–H and O–H groups in total. The molecule has 2 atom stereocenters. The summed E-state index contributed by atoms with van der Waals surface area (Å²) in [5, 5.41) is 0. The molecule has 0 aliphatic heterocycles. The molecule has 0 saturated carbocycles. The molecule has 0 amide bonds. The van der Waals surface area contributed by atoms with Gasteiger partial charge in [0.1, 0.15) is 0 Å². The first-order chi connectivity index (χ1) is 8.65. The Hall–Kier alpha value is -0.160. The fourth-order valence-corrected chi connectivity index (χ4v) is 2.68. The molecule has 0 bridgehead atoms. The van der Waals surface area contributed by atoms with Crippen molar-refractivity contribution in [3.8, 4) is 0 Å². The third-order valence-electron chi connectivity index (χ3n) is 3.79. The lowest BCUT2D eigenvalue weighted by molar-refractivity contribution is 0.0287. The summed E-state index contributed by atoms with van der Waals surface area (Å²) >= 11 is 0. The maximum atomic E-state index is 6.01. The average Bonchev–Trinajstić information content (AvgIpc) is 2.38. The minimum absolute atomic E-state index is 0.374. The fourth-order valence-electron chi connectivity index (χ4n) is 2.68. The van der Waals surface area contributed by atoms with Crippen LogP contribution in [-0.2, 0) is 9.47 Å². The van der Waals surface area contributed by atoms with Gasteiger partial charge in [0.2, 0.25) is 0 Å². The summed E-state index contributed by atoms with van der Waals surface area (Å²) in [6, 6.07) is 0.791. The third kappa shape index (κ3) is 5.65. The molecule has 18 heavy (non-hydrogen) atoms. The molecule has 0 aliphatic carbocycles. The first-order valence-electron chi connectivity index (χ1n) is 7.09. The quantitative estimate of drug-likeness (QED) is 0.614. The molecule has 4 nitrogen and oxygen atoms in total. The van der Waals surface area contributed by atoms with Crippen molar-refractivity contribution >= 4 is 0 Å². The molecule has 0 rings (SSSR count). The van der Waals surface area contributed by atoms with E-state index in [1.165, 1.54) is 12.8 Å². The van der Waals surface area contributed by atoms with Gasteiger partial charge in [0.15, 0.2) is 0 Å². The van der Waals surface area contributed by atoms with Crippen molar-refractivity contribution in [2.75, 3.05) is 40.5 Å². The SMILES string of the molecule is CCC(CC)C(CN)N(CCOC)C(C)COC. The molecule has 0 aromatic rings. The fraction of sp³-hybridized carbons (Fsp3) is 1.00. The lowest BCUT2D eigenvalue weighted by Gasteiger charge is -2.39. The molecular formula is C14H32N2O2. The predicted octanol–water partition coefficient (Wildman–Crippen LogP) is 1.73. The van der Waals surface area contributed by atoms with Crippen LogP contribution in [0.15, 0.2) is 0 Å². The van der Waals surface area contributed by atoms with Crippen LogP contribution >= 0.6 is 0 Å². The zero-order valence-corrected chi connectivity index (χ0v) is 12.8. The van der Waals surface area contributed by atoms with Crippen LogP contribution in [0.4, 0.5) is 0 Å². The normalized spacial score (nSPS) is 15.3. The number of nitrogens with two attached hydrogens (primary N) is 1. The van der Waals surface area contributed by atoms with Gasteiger partial charge in [-0.2, -0.15) is 0 Å². The van der Waals surface area contributed by atoms with E-state index in [9.17, 15) is 0 Å². The highest BCUT2D eigenvalue weighted by Crippen LogP contribution is 2.20. The van der Waals surface area contributed by atoms with Crippen molar-refractivity contribution in [2.45, 2.75) is 45.7 Å². The van der Waals surface area contributed by atoms with Crippen LogP contribution < -0.4 is 5.73 Å². The van der Waals surface area contributed by atoms with Gasteiger partial charge in [-0.05, 0) is 12.8 Å². The molecule has 0 saturated heterocycles. The van der Waals surface area contributed by atoms with Crippen LogP contribution in [0.5, 0.6) is 0 Å². The number of hydrogen-bond acceptors (Lipinski definition) is 4. The molecule has 0 radical (unpaired) electrons. The van der Waals surface area contributed by atoms with Crippen molar-refractivity contribution in [2.24, 2.45) is 11.7 Å². The molecule has 0 fully saturated rings. The van der Waals surface area contributed by atoms with E-state index in [0.717, 1.165) is 19.8 Å². The second kappa shape index (κ2) is 10.7. The zero-order valence-electron chi connectivity index (χ0n) is 12.8. The summed E-state index contributed by atoms with van der Waals surface area (Å²) in [5.74, 6) is 0.645. The monoisotopic (exact) mass is 260 g/mol. The third-order valence-corrected chi connectivity index (χ3v) is 3.79. The van der Waals surface area contributed by atoms with E-state index in [1.807, 2.05) is 0 Å². The van der Waals surface area contributed by atoms with Gasteiger partial charge in [-0.15, -0.1) is 0 Å². The number of ether oxygens (including phenoxy) is 2. The van der Waals surface area contributed by atoms with Crippen LogP contribution in [0.2, 0.25) is 0 Å². The van der Waals surface area contributed by atoms with E-state index >= 15 is 0 Å². The Labute approximate surface area is 113 Å². The van der Waals surface area contributed by atoms with E-state index in [4.69, 9.17) is 15.2 Å². The standard InChI is InChI=1S/C14H32N2O2/c1-6-13(7-2)14(10-15)16(8-9-17-4)12(3)11-18-5/h12-14H,6-11,15H2,1-5H3. The van der Waals surface area contributed by atoms with E-state index < -0.39 is 0 Å². The lowest BCUT2D eigenvalue weighted by atomic mass is 9.92. The first kappa shape index (κ1) is 17.8. The second-order valence-corrected chi connectivity index (χ2v) is 4.91. The summed E-state index contributed by atoms with van der Waals surface area (Å²) < 4.78 is 10.5. The minimum Gasteiger partial charge on any atom is -0.383 e. The number of methoxy groups -OCH3 is 2. The van der Waals surface area contributed by atoms with Crippen molar-refractivity contribution < 1.29 is 9.47 Å². The molecule has 0 aromatic heterocycles. The molecular weight excluding hydrogens is 228 g/mol. The number of hydrogen-bond donors (Lipinski definition) is 1. The van der Waals surface area contributed by atoms with Gasteiger partial charge >= 0.3 is 0 Å². The van der Waals surface area contributed by atoms with Gasteiger partial charge < -0.3 is 15.2 Å². The Morgan fingerprint density at radius 2 is 1.72 bits per heavy atom. The highest BCUT2D eigenvalue weighted by atomic mass is 16.5. The van der Waals surface area contributed by atoms with Crippen molar-refractivity contribution in [1.82, 2.24) is 4.90 Å². The van der Waals surface area contributed by atoms with E-state index in [2.05, 4.69) is 25.7 Å². The molecule has 4 heteroatoms. The molecule has 0 spiro atoms. The Balaban J connectivity index is 4.74. The number of nitrogens with zero attached hydrogens (tertiary/aromatic N) is 1. The van der Waals surface area contributed by atoms with Crippen LogP contribution in [0.3, 0.4) is 0 Å². The van der Waals surface area contributed by atoms with Crippen LogP contribution in [0, 0.1) is 5.92 Å². The summed E-state index contributed by atoms with van der Waals surface area (Å²) in [7, 11) is 3.49. The number of rotatable bonds is 11. The highest BCUT2D eigenvalue weighted by Gasteiger charge is 2.27. The van der Waals surface area contributed by atoms with Gasteiger partial charge in [0.05, 0.1) is 13.2 Å². The highest BCUT2D eigenvalue weighted by molar-refractivity contribution is 4.82. The largest absolute Gasteiger partial charge is 0.383 e. The minimum atomic E-state index is 0.374. The first-order valence-corrected chi connectivity index (χ1v) is 7.09. The Morgan fingerprint density at radius 3 is 2.11 bits per heavy atom. The van der Waals surface area contributed by atoms with Crippen molar-refractivity contribution in [3.63, 3.8) is 0 Å². The Morgan fingerprint density at radius 1 is 1.11 bits per heavy atom. The van der Waals surface area contributed by atoms with Gasteiger partial charge in [-0.1, -0.05) is 26.7 Å². The molecule has 2 unspecified atom stereocenters. The van der Waals surface area contributed by atoms with Gasteiger partial charge in [-0.3, -0.25) is 4.90 Å². The summed E-state index contributed by atoms with van der Waals surface area (Å²) in [6.07, 6.45) is 2.34. The Kier molecular flexibility index (Phi) is 10.6. The average molecular weight is 260 g/mol. The van der Waals surface area contributed by atoms with Gasteiger partial charge in [0, 0.05) is 39.4 Å². The molecule has 0 aliphatic rings. The van der Waals surface area contributed by atoms with Crippen LogP contribution in [0.25, 0.3) is 0 Å². The van der Waals surface area contributed by atoms with Gasteiger partial charge in [-0.25, -0.2) is 0 Å².